The van der Waals surface area contributed by atoms with Crippen molar-refractivity contribution in [2.24, 2.45) is 0 Å². The second-order valence-electron chi connectivity index (χ2n) is 7.61. The van der Waals surface area contributed by atoms with Crippen LogP contribution in [0, 0.1) is 6.92 Å². The van der Waals surface area contributed by atoms with Crippen molar-refractivity contribution in [2.75, 3.05) is 79.2 Å². The molecule has 1 aliphatic rings. The molecule has 8 heteroatoms. The van der Waals surface area contributed by atoms with Crippen LogP contribution in [0.1, 0.15) is 11.1 Å². The smallest absolute Gasteiger partial charge is 0.0889 e. The summed E-state index contributed by atoms with van der Waals surface area (Å²) >= 11 is 0. The van der Waals surface area contributed by atoms with Gasteiger partial charge in [0.05, 0.1) is 77.5 Å². The molecule has 0 aliphatic carbocycles. The van der Waals surface area contributed by atoms with Gasteiger partial charge in [-0.3, -0.25) is 14.9 Å². The summed E-state index contributed by atoms with van der Waals surface area (Å²) < 4.78 is 28.0. The van der Waals surface area contributed by atoms with Crippen LogP contribution < -0.4 is 0 Å². The lowest BCUT2D eigenvalue weighted by molar-refractivity contribution is -0.0189. The monoisotopic (exact) mass is 445 g/mol. The number of aromatic nitrogens is 2. The molecule has 0 unspecified atom stereocenters. The van der Waals surface area contributed by atoms with Gasteiger partial charge in [-0.05, 0) is 42.3 Å². The average Bonchev–Trinajstić information content (AvgIpc) is 2.80. The summed E-state index contributed by atoms with van der Waals surface area (Å²) in [5, 5.41) is 0. The van der Waals surface area contributed by atoms with Crippen molar-refractivity contribution >= 4 is 0 Å². The highest BCUT2D eigenvalue weighted by Crippen LogP contribution is 2.17. The third-order valence-corrected chi connectivity index (χ3v) is 5.00. The summed E-state index contributed by atoms with van der Waals surface area (Å²) in [7, 11) is 0. The molecular formula is C24H35N3O5. The van der Waals surface area contributed by atoms with Gasteiger partial charge in [-0.15, -0.1) is 0 Å². The van der Waals surface area contributed by atoms with Crippen LogP contribution >= 0.6 is 0 Å². The predicted molar refractivity (Wildman–Crippen MR) is 122 cm³/mol. The fourth-order valence-electron chi connectivity index (χ4n) is 3.29. The molecule has 3 heterocycles. The van der Waals surface area contributed by atoms with Crippen LogP contribution in [0.3, 0.4) is 0 Å². The maximum absolute atomic E-state index is 5.76. The standard InChI is InChI=1S/C24H35N3O5/c1-21-2-4-25-23(18-21)24-19-22(3-5-26-24)20-27-6-8-28-10-12-30-14-16-32-17-15-31-13-11-29-9-7-27/h2-5,18-19H,6-17,20H2,1H3. The fourth-order valence-corrected chi connectivity index (χ4v) is 3.29. The summed E-state index contributed by atoms with van der Waals surface area (Å²) in [6, 6.07) is 8.21. The molecule has 0 bridgehead atoms. The molecule has 0 radical (unpaired) electrons. The van der Waals surface area contributed by atoms with Crippen LogP contribution in [0.2, 0.25) is 0 Å². The number of nitrogens with zero attached hydrogens (tertiary/aromatic N) is 3. The van der Waals surface area contributed by atoms with Crippen molar-refractivity contribution in [3.05, 3.63) is 47.8 Å². The Balaban J connectivity index is 1.55. The highest BCUT2D eigenvalue weighted by atomic mass is 16.6. The lowest BCUT2D eigenvalue weighted by Gasteiger charge is -2.22. The van der Waals surface area contributed by atoms with E-state index in [1.54, 1.807) is 0 Å². The molecule has 0 atom stereocenters. The first-order chi connectivity index (χ1) is 15.8. The summed E-state index contributed by atoms with van der Waals surface area (Å²) in [5.74, 6) is 0. The fraction of sp³-hybridized carbons (Fsp3) is 0.583. The van der Waals surface area contributed by atoms with Crippen LogP contribution in [-0.2, 0) is 30.2 Å². The molecule has 0 N–H and O–H groups in total. The minimum Gasteiger partial charge on any atom is -0.378 e. The van der Waals surface area contributed by atoms with E-state index in [0.29, 0.717) is 66.1 Å². The van der Waals surface area contributed by atoms with E-state index in [1.807, 2.05) is 18.5 Å². The molecule has 2 aromatic heterocycles. The van der Waals surface area contributed by atoms with Gasteiger partial charge in [-0.1, -0.05) is 0 Å². The number of hydrogen-bond donors (Lipinski definition) is 0. The number of rotatable bonds is 3. The SMILES string of the molecule is Cc1ccnc(-c2cc(CN3CCOCCOCCOCCOCCOCC3)ccn2)c1. The molecule has 0 saturated carbocycles. The Morgan fingerprint density at radius 1 is 0.656 bits per heavy atom. The molecular weight excluding hydrogens is 410 g/mol. The molecule has 2 aromatic rings. The lowest BCUT2D eigenvalue weighted by Crippen LogP contribution is -2.31. The van der Waals surface area contributed by atoms with Crippen LogP contribution in [0.15, 0.2) is 36.7 Å². The minimum atomic E-state index is 0.568. The van der Waals surface area contributed by atoms with E-state index >= 15 is 0 Å². The Morgan fingerprint density at radius 3 is 1.66 bits per heavy atom. The molecule has 8 nitrogen and oxygen atoms in total. The van der Waals surface area contributed by atoms with E-state index in [9.17, 15) is 0 Å². The zero-order valence-electron chi connectivity index (χ0n) is 19.0. The Bertz CT molecular complexity index is 759. The zero-order valence-corrected chi connectivity index (χ0v) is 19.0. The average molecular weight is 446 g/mol. The first-order valence-electron chi connectivity index (χ1n) is 11.3. The van der Waals surface area contributed by atoms with Crippen molar-refractivity contribution in [3.63, 3.8) is 0 Å². The number of ether oxygens (including phenoxy) is 5. The van der Waals surface area contributed by atoms with Gasteiger partial charge in [0, 0.05) is 32.0 Å². The largest absolute Gasteiger partial charge is 0.378 e. The Morgan fingerprint density at radius 2 is 1.12 bits per heavy atom. The summed E-state index contributed by atoms with van der Waals surface area (Å²) in [5.41, 5.74) is 4.14. The normalized spacial score (nSPS) is 19.2. The molecule has 1 aliphatic heterocycles. The Hall–Kier alpha value is -1.94. The quantitative estimate of drug-likeness (QED) is 0.713. The Kier molecular flexibility index (Phi) is 11.6. The third-order valence-electron chi connectivity index (χ3n) is 5.00. The van der Waals surface area contributed by atoms with E-state index in [2.05, 4.69) is 40.0 Å². The van der Waals surface area contributed by atoms with Gasteiger partial charge in [-0.2, -0.15) is 0 Å². The Labute approximate surface area is 190 Å². The molecule has 1 saturated heterocycles. The molecule has 0 spiro atoms. The van der Waals surface area contributed by atoms with E-state index in [4.69, 9.17) is 23.7 Å². The van der Waals surface area contributed by atoms with E-state index in [-0.39, 0.29) is 0 Å². The zero-order chi connectivity index (χ0) is 22.3. The van der Waals surface area contributed by atoms with Crippen LogP contribution in [0.4, 0.5) is 0 Å². The first-order valence-corrected chi connectivity index (χ1v) is 11.3. The molecule has 32 heavy (non-hydrogen) atoms. The minimum absolute atomic E-state index is 0.568. The van der Waals surface area contributed by atoms with Gasteiger partial charge in [0.1, 0.15) is 0 Å². The van der Waals surface area contributed by atoms with Gasteiger partial charge >= 0.3 is 0 Å². The van der Waals surface area contributed by atoms with Crippen molar-refractivity contribution in [3.8, 4) is 11.4 Å². The third kappa shape index (κ3) is 9.68. The molecule has 0 aromatic carbocycles. The first kappa shape index (κ1) is 24.7. The van der Waals surface area contributed by atoms with Gasteiger partial charge in [-0.25, -0.2) is 0 Å². The lowest BCUT2D eigenvalue weighted by atomic mass is 10.1. The number of aryl methyl sites for hydroxylation is 1. The van der Waals surface area contributed by atoms with Crippen molar-refractivity contribution < 1.29 is 23.7 Å². The second kappa shape index (κ2) is 15.0. The van der Waals surface area contributed by atoms with Gasteiger partial charge in [0.25, 0.3) is 0 Å². The summed E-state index contributed by atoms with van der Waals surface area (Å²) in [6.45, 7) is 10.3. The molecule has 0 amide bonds. The number of hydrogen-bond acceptors (Lipinski definition) is 8. The highest BCUT2D eigenvalue weighted by Gasteiger charge is 2.09. The molecule has 3 rings (SSSR count). The molecule has 1 fully saturated rings. The van der Waals surface area contributed by atoms with Gasteiger partial charge in [0.15, 0.2) is 0 Å². The van der Waals surface area contributed by atoms with E-state index < -0.39 is 0 Å². The second-order valence-corrected chi connectivity index (χ2v) is 7.61. The maximum atomic E-state index is 5.76. The highest BCUT2D eigenvalue weighted by molar-refractivity contribution is 5.55. The van der Waals surface area contributed by atoms with Gasteiger partial charge in [0.2, 0.25) is 0 Å². The van der Waals surface area contributed by atoms with Crippen LogP contribution in [0.25, 0.3) is 11.4 Å². The topological polar surface area (TPSA) is 75.2 Å². The van der Waals surface area contributed by atoms with Crippen LogP contribution in [-0.4, -0.2) is 94.0 Å². The van der Waals surface area contributed by atoms with E-state index in [1.165, 1.54) is 11.1 Å². The predicted octanol–water partition coefficient (Wildman–Crippen LogP) is 2.35. The molecule has 176 valence electrons. The van der Waals surface area contributed by atoms with Gasteiger partial charge < -0.3 is 23.7 Å². The number of pyridine rings is 2. The van der Waals surface area contributed by atoms with Crippen molar-refractivity contribution in [1.29, 1.82) is 0 Å². The van der Waals surface area contributed by atoms with Crippen molar-refractivity contribution in [1.82, 2.24) is 14.9 Å². The maximum Gasteiger partial charge on any atom is 0.0889 e. The van der Waals surface area contributed by atoms with Crippen molar-refractivity contribution in [2.45, 2.75) is 13.5 Å². The van der Waals surface area contributed by atoms with Crippen LogP contribution in [0.5, 0.6) is 0 Å². The summed E-state index contributed by atoms with van der Waals surface area (Å²) in [4.78, 5) is 11.3. The van der Waals surface area contributed by atoms with E-state index in [0.717, 1.165) is 31.0 Å². The summed E-state index contributed by atoms with van der Waals surface area (Å²) in [6.07, 6.45) is 3.67.